The molecule has 43 heavy (non-hydrogen) atoms. The minimum Gasteiger partial charge on any atom is -0.504 e. The third-order valence-electron chi connectivity index (χ3n) is 9.39. The number of benzene rings is 1. The molecule has 2 heterocycles. The van der Waals surface area contributed by atoms with Gasteiger partial charge in [-0.3, -0.25) is 9.59 Å². The molecule has 3 amide bonds. The second-order valence-corrected chi connectivity index (χ2v) is 13.4. The Morgan fingerprint density at radius 1 is 1.07 bits per heavy atom. The van der Waals surface area contributed by atoms with Crippen molar-refractivity contribution in [3.63, 3.8) is 0 Å². The fourth-order valence-corrected chi connectivity index (χ4v) is 7.60. The fraction of sp³-hybridized carbons (Fsp3) is 0.710. The zero-order chi connectivity index (χ0) is 31.0. The molecule has 12 heteroatoms. The van der Waals surface area contributed by atoms with Gasteiger partial charge in [0.25, 0.3) is 0 Å². The molecule has 2 bridgehead atoms. The van der Waals surface area contributed by atoms with Crippen LogP contribution in [0.2, 0.25) is 0 Å². The number of likely N-dealkylation sites (tertiary alicyclic amines) is 1. The molecule has 5 atom stereocenters. The second-order valence-electron chi connectivity index (χ2n) is 13.4. The SMILES string of the molecule is CN1CC[C@]23c4c5ccc(O)c4O[C@H]2[C@@H](NC(=O)COCC(=O)NCCCCCNC(=O)OC(C)(C)C)CC[C@@]3(O)C1C5. The Balaban J connectivity index is 1.05. The molecule has 0 aromatic heterocycles. The number of hydrogen-bond donors (Lipinski definition) is 5. The molecule has 1 aromatic carbocycles. The van der Waals surface area contributed by atoms with Crippen LogP contribution in [0.4, 0.5) is 4.79 Å². The van der Waals surface area contributed by atoms with Crippen LogP contribution in [0.1, 0.15) is 70.4 Å². The van der Waals surface area contributed by atoms with E-state index in [1.54, 1.807) is 6.07 Å². The van der Waals surface area contributed by atoms with E-state index in [1.165, 1.54) is 0 Å². The van der Waals surface area contributed by atoms with Gasteiger partial charge in [0.2, 0.25) is 11.8 Å². The first-order chi connectivity index (χ1) is 20.4. The predicted octanol–water partition coefficient (Wildman–Crippen LogP) is 1.49. The van der Waals surface area contributed by atoms with E-state index in [0.29, 0.717) is 44.5 Å². The monoisotopic (exact) mass is 602 g/mol. The number of nitrogens with zero attached hydrogens (tertiary/aromatic N) is 1. The summed E-state index contributed by atoms with van der Waals surface area (Å²) in [5, 5.41) is 31.4. The molecular weight excluding hydrogens is 556 g/mol. The Labute approximate surface area is 252 Å². The highest BCUT2D eigenvalue weighted by Gasteiger charge is 2.72. The van der Waals surface area contributed by atoms with Gasteiger partial charge in [-0.2, -0.15) is 0 Å². The van der Waals surface area contributed by atoms with E-state index in [0.717, 1.165) is 36.9 Å². The van der Waals surface area contributed by atoms with Crippen molar-refractivity contribution < 1.29 is 38.8 Å². The molecule has 1 saturated carbocycles. The number of carbonyl (C=O) groups is 3. The smallest absolute Gasteiger partial charge is 0.407 e. The molecule has 12 nitrogen and oxygen atoms in total. The summed E-state index contributed by atoms with van der Waals surface area (Å²) in [7, 11) is 2.04. The zero-order valence-corrected chi connectivity index (χ0v) is 25.7. The van der Waals surface area contributed by atoms with Crippen molar-refractivity contribution in [1.29, 1.82) is 0 Å². The van der Waals surface area contributed by atoms with E-state index < -0.39 is 28.8 Å². The molecule has 5 N–H and O–H groups in total. The van der Waals surface area contributed by atoms with Crippen LogP contribution in [0.3, 0.4) is 0 Å². The number of rotatable bonds is 11. The molecular formula is C31H46N4O8. The second kappa shape index (κ2) is 12.1. The first-order valence-corrected chi connectivity index (χ1v) is 15.4. The first-order valence-electron chi connectivity index (χ1n) is 15.4. The van der Waals surface area contributed by atoms with Crippen LogP contribution in [0.15, 0.2) is 12.1 Å². The van der Waals surface area contributed by atoms with Gasteiger partial charge in [0.1, 0.15) is 24.9 Å². The molecule has 5 rings (SSSR count). The van der Waals surface area contributed by atoms with Gasteiger partial charge in [-0.15, -0.1) is 0 Å². The molecule has 4 aliphatic rings. The summed E-state index contributed by atoms with van der Waals surface area (Å²) in [6.45, 7) is 6.67. The number of ether oxygens (including phenoxy) is 3. The third kappa shape index (κ3) is 6.01. The van der Waals surface area contributed by atoms with E-state index in [2.05, 4.69) is 20.9 Å². The van der Waals surface area contributed by atoms with E-state index in [4.69, 9.17) is 14.2 Å². The Bertz CT molecular complexity index is 1230. The number of alkyl carbamates (subject to hydrolysis) is 1. The zero-order valence-electron chi connectivity index (χ0n) is 25.7. The molecule has 238 valence electrons. The number of piperidine rings is 1. The minimum absolute atomic E-state index is 0.0548. The maximum atomic E-state index is 12.9. The number of likely N-dealkylation sites (N-methyl/N-ethyl adjacent to an activating group) is 1. The maximum absolute atomic E-state index is 12.9. The highest BCUT2D eigenvalue weighted by Crippen LogP contribution is 2.65. The van der Waals surface area contributed by atoms with Crippen molar-refractivity contribution in [1.82, 2.24) is 20.9 Å². The van der Waals surface area contributed by atoms with Crippen molar-refractivity contribution in [2.75, 3.05) is 39.9 Å². The number of unbranched alkanes of at least 4 members (excludes halogenated alkanes) is 2. The summed E-state index contributed by atoms with van der Waals surface area (Å²) < 4.78 is 17.0. The summed E-state index contributed by atoms with van der Waals surface area (Å²) in [4.78, 5) is 38.9. The van der Waals surface area contributed by atoms with Crippen LogP contribution in [0, 0.1) is 0 Å². The van der Waals surface area contributed by atoms with Crippen LogP contribution in [0.25, 0.3) is 0 Å². The van der Waals surface area contributed by atoms with Crippen molar-refractivity contribution in [3.8, 4) is 11.5 Å². The number of aliphatic hydroxyl groups is 1. The molecule has 2 fully saturated rings. The molecule has 0 radical (unpaired) electrons. The minimum atomic E-state index is -1.03. The number of phenolic OH excluding ortho intramolecular Hbond substituents is 1. The molecule has 2 aliphatic carbocycles. The third-order valence-corrected chi connectivity index (χ3v) is 9.39. The van der Waals surface area contributed by atoms with E-state index in [1.807, 2.05) is 33.9 Å². The lowest BCUT2D eigenvalue weighted by atomic mass is 9.48. The lowest BCUT2D eigenvalue weighted by Gasteiger charge is -2.63. The molecule has 2 aliphatic heterocycles. The van der Waals surface area contributed by atoms with Crippen LogP contribution in [-0.2, 0) is 30.9 Å². The molecule has 1 spiro atoms. The number of amides is 3. The van der Waals surface area contributed by atoms with Crippen LogP contribution in [0.5, 0.6) is 11.5 Å². The lowest BCUT2D eigenvalue weighted by Crippen LogP contribution is -2.77. The summed E-state index contributed by atoms with van der Waals surface area (Å²) in [6, 6.07) is 3.14. The average molecular weight is 603 g/mol. The van der Waals surface area contributed by atoms with E-state index in [-0.39, 0.29) is 42.9 Å². The van der Waals surface area contributed by atoms with Gasteiger partial charge in [0.05, 0.1) is 17.1 Å². The average Bonchev–Trinajstić information content (AvgIpc) is 3.28. The molecule has 1 aromatic rings. The van der Waals surface area contributed by atoms with Crippen molar-refractivity contribution in [2.24, 2.45) is 0 Å². The standard InChI is InChI=1S/C31H46N4O8/c1-29(2,3)43-28(39)33-14-7-5-6-13-32-23(37)17-41-18-24(38)34-20-10-11-31(40)22-16-19-8-9-21(36)26-25(19)30(31,27(20)42-26)12-15-35(22)4/h8-9,20,22,27,36,40H,5-7,10-18H2,1-4H3,(H,32,37)(H,33,39)(H,34,38)/t20-,22?,27-,30-,31+/m0/s1. The summed E-state index contributed by atoms with van der Waals surface area (Å²) >= 11 is 0. The molecule has 1 unspecified atom stereocenters. The van der Waals surface area contributed by atoms with Gasteiger partial charge in [-0.05, 0) is 90.9 Å². The summed E-state index contributed by atoms with van der Waals surface area (Å²) in [5.41, 5.74) is -0.293. The lowest BCUT2D eigenvalue weighted by molar-refractivity contribution is -0.187. The first kappa shape index (κ1) is 31.3. The van der Waals surface area contributed by atoms with Crippen molar-refractivity contribution in [3.05, 3.63) is 23.3 Å². The van der Waals surface area contributed by atoms with Crippen molar-refractivity contribution >= 4 is 17.9 Å². The number of carbonyl (C=O) groups excluding carboxylic acids is 3. The Hall–Kier alpha value is -3.09. The van der Waals surface area contributed by atoms with Gasteiger partial charge >= 0.3 is 6.09 Å². The van der Waals surface area contributed by atoms with Gasteiger partial charge in [-0.25, -0.2) is 4.79 Å². The maximum Gasteiger partial charge on any atom is 0.407 e. The number of aromatic hydroxyl groups is 1. The van der Waals surface area contributed by atoms with E-state index >= 15 is 0 Å². The van der Waals surface area contributed by atoms with Crippen LogP contribution < -0.4 is 20.7 Å². The number of hydrogen-bond acceptors (Lipinski definition) is 9. The van der Waals surface area contributed by atoms with Crippen molar-refractivity contribution in [2.45, 2.75) is 101 Å². The van der Waals surface area contributed by atoms with Gasteiger partial charge in [0, 0.05) is 24.7 Å². The Kier molecular flexibility index (Phi) is 8.84. The predicted molar refractivity (Wildman–Crippen MR) is 157 cm³/mol. The Morgan fingerprint density at radius 3 is 2.53 bits per heavy atom. The van der Waals surface area contributed by atoms with E-state index in [9.17, 15) is 24.6 Å². The van der Waals surface area contributed by atoms with Crippen LogP contribution in [-0.4, -0.2) is 102 Å². The highest BCUT2D eigenvalue weighted by atomic mass is 16.6. The van der Waals surface area contributed by atoms with Gasteiger partial charge in [-0.1, -0.05) is 6.07 Å². The number of nitrogens with one attached hydrogen (secondary N) is 3. The summed E-state index contributed by atoms with van der Waals surface area (Å²) in [5.74, 6) is -0.184. The van der Waals surface area contributed by atoms with Gasteiger partial charge < -0.3 is 45.3 Å². The Morgan fingerprint density at radius 2 is 1.79 bits per heavy atom. The van der Waals surface area contributed by atoms with Gasteiger partial charge in [0.15, 0.2) is 11.5 Å². The largest absolute Gasteiger partial charge is 0.504 e. The summed E-state index contributed by atoms with van der Waals surface area (Å²) in [6.07, 6.45) is 3.75. The number of phenols is 1. The highest BCUT2D eigenvalue weighted by molar-refractivity contribution is 5.80. The fourth-order valence-electron chi connectivity index (χ4n) is 7.60. The topological polar surface area (TPSA) is 159 Å². The quantitative estimate of drug-likeness (QED) is 0.237. The normalized spacial score (nSPS) is 28.8. The van der Waals surface area contributed by atoms with Crippen LogP contribution >= 0.6 is 0 Å². The molecule has 1 saturated heterocycles.